The van der Waals surface area contributed by atoms with Gasteiger partial charge in [0, 0.05) is 18.3 Å². The summed E-state index contributed by atoms with van der Waals surface area (Å²) in [6.45, 7) is 0.277. The van der Waals surface area contributed by atoms with Crippen LogP contribution in [0.25, 0.3) is 5.69 Å². The van der Waals surface area contributed by atoms with Gasteiger partial charge in [-0.05, 0) is 56.1 Å². The summed E-state index contributed by atoms with van der Waals surface area (Å²) in [7, 11) is 3.53. The lowest BCUT2D eigenvalue weighted by molar-refractivity contribution is -0.125. The van der Waals surface area contributed by atoms with Crippen LogP contribution in [0.2, 0.25) is 0 Å². The van der Waals surface area contributed by atoms with Crippen LogP contribution in [0.5, 0.6) is 0 Å². The molecule has 0 aliphatic rings. The first-order valence-corrected chi connectivity index (χ1v) is 8.43. The molecule has 1 N–H and O–H groups in total. The Morgan fingerprint density at radius 2 is 1.89 bits per heavy atom. The number of nitrogens with zero attached hydrogens (tertiary/aromatic N) is 3. The Balaban J connectivity index is 1.68. The van der Waals surface area contributed by atoms with Crippen molar-refractivity contribution >= 4 is 5.91 Å². The van der Waals surface area contributed by atoms with Crippen molar-refractivity contribution in [3.05, 3.63) is 83.7 Å². The van der Waals surface area contributed by atoms with E-state index in [0.29, 0.717) is 5.56 Å². The summed E-state index contributed by atoms with van der Waals surface area (Å²) < 4.78 is 28.1. The molecular formula is C20H20F2N4O. The van der Waals surface area contributed by atoms with Crippen molar-refractivity contribution in [3.8, 4) is 5.69 Å². The van der Waals surface area contributed by atoms with Crippen molar-refractivity contribution in [3.63, 3.8) is 0 Å². The number of carbonyl (C=O) groups is 1. The molecule has 0 saturated carbocycles. The van der Waals surface area contributed by atoms with Crippen LogP contribution < -0.4 is 5.32 Å². The number of benzene rings is 2. The molecule has 7 heteroatoms. The van der Waals surface area contributed by atoms with Crippen molar-refractivity contribution in [2.45, 2.75) is 12.6 Å². The predicted octanol–water partition coefficient (Wildman–Crippen LogP) is 3.07. The zero-order valence-electron chi connectivity index (χ0n) is 15.1. The van der Waals surface area contributed by atoms with Gasteiger partial charge in [0.25, 0.3) is 0 Å². The average molecular weight is 370 g/mol. The van der Waals surface area contributed by atoms with Gasteiger partial charge in [-0.3, -0.25) is 9.69 Å². The molecule has 27 heavy (non-hydrogen) atoms. The molecule has 3 rings (SSSR count). The van der Waals surface area contributed by atoms with Crippen LogP contribution >= 0.6 is 0 Å². The highest BCUT2D eigenvalue weighted by Gasteiger charge is 2.23. The van der Waals surface area contributed by atoms with Gasteiger partial charge in [0.1, 0.15) is 17.7 Å². The zero-order chi connectivity index (χ0) is 19.4. The molecule has 0 aliphatic carbocycles. The van der Waals surface area contributed by atoms with E-state index < -0.39 is 6.04 Å². The largest absolute Gasteiger partial charge is 0.350 e. The van der Waals surface area contributed by atoms with Gasteiger partial charge in [-0.25, -0.2) is 13.5 Å². The van der Waals surface area contributed by atoms with Gasteiger partial charge < -0.3 is 5.32 Å². The smallest absolute Gasteiger partial charge is 0.242 e. The summed E-state index contributed by atoms with van der Waals surface area (Å²) in [5, 5.41) is 7.08. The van der Waals surface area contributed by atoms with E-state index in [1.807, 2.05) is 0 Å². The second kappa shape index (κ2) is 8.09. The van der Waals surface area contributed by atoms with Crippen LogP contribution in [0.1, 0.15) is 17.2 Å². The van der Waals surface area contributed by atoms with Gasteiger partial charge in [0.2, 0.25) is 5.91 Å². The third-order valence-electron chi connectivity index (χ3n) is 4.12. The van der Waals surface area contributed by atoms with Gasteiger partial charge in [0.05, 0.1) is 11.9 Å². The fourth-order valence-corrected chi connectivity index (χ4v) is 2.83. The summed E-state index contributed by atoms with van der Waals surface area (Å²) in [6.07, 6.45) is 3.40. The van der Waals surface area contributed by atoms with Gasteiger partial charge in [0.15, 0.2) is 0 Å². The van der Waals surface area contributed by atoms with Crippen molar-refractivity contribution in [1.82, 2.24) is 20.0 Å². The van der Waals surface area contributed by atoms with Gasteiger partial charge in [-0.15, -0.1) is 0 Å². The fourth-order valence-electron chi connectivity index (χ4n) is 2.83. The van der Waals surface area contributed by atoms with Crippen molar-refractivity contribution in [1.29, 1.82) is 0 Å². The van der Waals surface area contributed by atoms with Gasteiger partial charge in [-0.2, -0.15) is 5.10 Å². The summed E-state index contributed by atoms with van der Waals surface area (Å²) in [6, 6.07) is 11.4. The van der Waals surface area contributed by atoms with Crippen LogP contribution in [-0.4, -0.2) is 34.7 Å². The monoisotopic (exact) mass is 370 g/mol. The molecule has 1 heterocycles. The molecule has 1 amide bonds. The second-order valence-corrected chi connectivity index (χ2v) is 6.41. The van der Waals surface area contributed by atoms with Crippen LogP contribution in [0.3, 0.4) is 0 Å². The molecule has 0 radical (unpaired) electrons. The molecule has 1 aromatic heterocycles. The first-order chi connectivity index (χ1) is 12.9. The minimum atomic E-state index is -0.604. The van der Waals surface area contributed by atoms with E-state index in [4.69, 9.17) is 0 Å². The lowest BCUT2D eigenvalue weighted by Gasteiger charge is -2.23. The first-order valence-electron chi connectivity index (χ1n) is 8.43. The lowest BCUT2D eigenvalue weighted by Crippen LogP contribution is -2.36. The highest BCUT2D eigenvalue weighted by molar-refractivity contribution is 5.83. The van der Waals surface area contributed by atoms with Crippen molar-refractivity contribution < 1.29 is 13.6 Å². The molecule has 3 aromatic rings. The van der Waals surface area contributed by atoms with E-state index in [1.165, 1.54) is 24.3 Å². The Morgan fingerprint density at radius 3 is 2.56 bits per heavy atom. The van der Waals surface area contributed by atoms with Crippen LogP contribution in [0.15, 0.2) is 60.9 Å². The van der Waals surface area contributed by atoms with Gasteiger partial charge in [-0.1, -0.05) is 12.1 Å². The number of halogens is 2. The Hall–Kier alpha value is -3.06. The summed E-state index contributed by atoms with van der Waals surface area (Å²) in [4.78, 5) is 14.4. The topological polar surface area (TPSA) is 50.2 Å². The maximum Gasteiger partial charge on any atom is 0.242 e. The maximum absolute atomic E-state index is 13.5. The molecule has 1 atom stereocenters. The molecule has 0 fully saturated rings. The maximum atomic E-state index is 13.5. The van der Waals surface area contributed by atoms with Crippen molar-refractivity contribution in [2.75, 3.05) is 14.1 Å². The summed E-state index contributed by atoms with van der Waals surface area (Å²) in [5.41, 5.74) is 2.10. The number of amides is 1. The molecule has 0 spiro atoms. The lowest BCUT2D eigenvalue weighted by atomic mass is 10.1. The summed E-state index contributed by atoms with van der Waals surface area (Å²) in [5.74, 6) is -0.932. The van der Waals surface area contributed by atoms with E-state index in [2.05, 4.69) is 10.4 Å². The van der Waals surface area contributed by atoms with E-state index in [-0.39, 0.29) is 24.1 Å². The Morgan fingerprint density at radius 1 is 1.15 bits per heavy atom. The standard InChI is InChI=1S/C20H20F2N4O/c1-25(2)19(15-4-3-5-17(22)10-15)20(27)23-11-14-12-24-26(13-14)18-8-6-16(21)7-9-18/h3-10,12-13,19H,11H2,1-2H3,(H,23,27)/t19-/m1/s1. The number of rotatable bonds is 6. The Labute approximate surface area is 156 Å². The third-order valence-corrected chi connectivity index (χ3v) is 4.12. The fraction of sp³-hybridized carbons (Fsp3) is 0.200. The molecule has 140 valence electrons. The normalized spacial score (nSPS) is 12.2. The molecule has 0 saturated heterocycles. The average Bonchev–Trinajstić information content (AvgIpc) is 3.09. The highest BCUT2D eigenvalue weighted by Crippen LogP contribution is 2.19. The van der Waals surface area contributed by atoms with Crippen LogP contribution in [0, 0.1) is 11.6 Å². The molecular weight excluding hydrogens is 350 g/mol. The van der Waals surface area contributed by atoms with E-state index in [1.54, 1.807) is 60.3 Å². The first kappa shape index (κ1) is 18.7. The predicted molar refractivity (Wildman–Crippen MR) is 98.2 cm³/mol. The summed E-state index contributed by atoms with van der Waals surface area (Å²) >= 11 is 0. The molecule has 0 unspecified atom stereocenters. The van der Waals surface area contributed by atoms with Crippen molar-refractivity contribution in [2.24, 2.45) is 0 Å². The number of carbonyl (C=O) groups excluding carboxylic acids is 1. The highest BCUT2D eigenvalue weighted by atomic mass is 19.1. The van der Waals surface area contributed by atoms with Crippen LogP contribution in [0.4, 0.5) is 8.78 Å². The number of hydrogen-bond donors (Lipinski definition) is 1. The van der Waals surface area contributed by atoms with E-state index in [0.717, 1.165) is 11.3 Å². The van der Waals surface area contributed by atoms with E-state index in [9.17, 15) is 13.6 Å². The van der Waals surface area contributed by atoms with Gasteiger partial charge >= 0.3 is 0 Å². The SMILES string of the molecule is CN(C)[C@@H](C(=O)NCc1cnn(-c2ccc(F)cc2)c1)c1cccc(F)c1. The Bertz CT molecular complexity index is 922. The second-order valence-electron chi connectivity index (χ2n) is 6.41. The van der Waals surface area contributed by atoms with E-state index >= 15 is 0 Å². The number of hydrogen-bond acceptors (Lipinski definition) is 3. The number of likely N-dealkylation sites (N-methyl/N-ethyl adjacent to an activating group) is 1. The molecule has 0 bridgehead atoms. The molecule has 0 aliphatic heterocycles. The molecule has 2 aromatic carbocycles. The Kier molecular flexibility index (Phi) is 5.61. The zero-order valence-corrected chi connectivity index (χ0v) is 15.1. The quantitative estimate of drug-likeness (QED) is 0.726. The minimum Gasteiger partial charge on any atom is -0.350 e. The minimum absolute atomic E-state index is 0.236. The number of aromatic nitrogens is 2. The number of nitrogens with one attached hydrogen (secondary N) is 1. The van der Waals surface area contributed by atoms with Crippen LogP contribution in [-0.2, 0) is 11.3 Å². The third kappa shape index (κ3) is 4.57. The molecule has 5 nitrogen and oxygen atoms in total.